The topological polar surface area (TPSA) is 57.4 Å². The van der Waals surface area contributed by atoms with Gasteiger partial charge in [0.1, 0.15) is 5.60 Å². The Morgan fingerprint density at radius 2 is 1.83 bits per heavy atom. The van der Waals surface area contributed by atoms with Crippen molar-refractivity contribution in [2.45, 2.75) is 32.5 Å². The Hall–Kier alpha value is -1.66. The van der Waals surface area contributed by atoms with Gasteiger partial charge in [-0.05, 0) is 26.8 Å². The van der Waals surface area contributed by atoms with Crippen molar-refractivity contribution in [1.29, 1.82) is 0 Å². The summed E-state index contributed by atoms with van der Waals surface area (Å²) in [4.78, 5) is 3.79. The van der Waals surface area contributed by atoms with Gasteiger partial charge in [0.05, 0.1) is 5.69 Å². The molecule has 0 aromatic carbocycles. The second-order valence-corrected chi connectivity index (χ2v) is 4.66. The summed E-state index contributed by atoms with van der Waals surface area (Å²) in [7, 11) is 0. The van der Waals surface area contributed by atoms with E-state index in [1.807, 2.05) is 0 Å². The van der Waals surface area contributed by atoms with Gasteiger partial charge in [0.25, 0.3) is 0 Å². The average Bonchev–Trinajstić information content (AvgIpc) is 2.16. The fraction of sp³-hybridized carbons (Fsp3) is 0.545. The lowest BCUT2D eigenvalue weighted by Gasteiger charge is -2.21. The van der Waals surface area contributed by atoms with Gasteiger partial charge in [-0.2, -0.15) is 18.2 Å². The Bertz CT molecular complexity index is 414. The highest BCUT2D eigenvalue weighted by Gasteiger charge is 2.28. The fourth-order valence-corrected chi connectivity index (χ4v) is 1.04. The molecular weight excluding hydrogens is 249 g/mol. The smallest absolute Gasteiger partial charge is 0.422 e. The molecule has 0 bridgehead atoms. The second-order valence-electron chi connectivity index (χ2n) is 4.66. The molecular formula is C11H15F3N2O2. The van der Waals surface area contributed by atoms with Gasteiger partial charge in [-0.25, -0.2) is 0 Å². The molecule has 18 heavy (non-hydrogen) atoms. The number of hydrogen-bond acceptors (Lipinski definition) is 4. The van der Waals surface area contributed by atoms with E-state index >= 15 is 0 Å². The first-order chi connectivity index (χ1) is 8.07. The molecule has 0 aliphatic carbocycles. The number of nitrogens with zero attached hydrogens (tertiary/aromatic N) is 1. The van der Waals surface area contributed by atoms with E-state index in [2.05, 4.69) is 9.72 Å². The van der Waals surface area contributed by atoms with Crippen molar-refractivity contribution in [1.82, 2.24) is 4.98 Å². The van der Waals surface area contributed by atoms with Crippen LogP contribution in [0.2, 0.25) is 0 Å². The first-order valence-electron chi connectivity index (χ1n) is 5.22. The molecule has 0 saturated heterocycles. The van der Waals surface area contributed by atoms with Crippen molar-refractivity contribution in [3.8, 4) is 11.8 Å². The highest BCUT2D eigenvalue weighted by molar-refractivity contribution is 5.49. The molecule has 1 aromatic heterocycles. The van der Waals surface area contributed by atoms with Crippen LogP contribution < -0.4 is 15.2 Å². The Morgan fingerprint density at radius 3 is 2.33 bits per heavy atom. The molecule has 0 amide bonds. The zero-order valence-electron chi connectivity index (χ0n) is 10.3. The zero-order valence-corrected chi connectivity index (χ0v) is 10.3. The summed E-state index contributed by atoms with van der Waals surface area (Å²) in [6.45, 7) is 3.92. The lowest BCUT2D eigenvalue weighted by atomic mass is 10.2. The van der Waals surface area contributed by atoms with Crippen molar-refractivity contribution in [3.05, 3.63) is 12.1 Å². The molecule has 0 fully saturated rings. The van der Waals surface area contributed by atoms with Crippen molar-refractivity contribution >= 4 is 5.69 Å². The highest BCUT2D eigenvalue weighted by Crippen LogP contribution is 2.26. The second kappa shape index (κ2) is 4.91. The number of rotatable bonds is 3. The lowest BCUT2D eigenvalue weighted by Crippen LogP contribution is -2.24. The first kappa shape index (κ1) is 14.4. The number of aromatic nitrogens is 1. The predicted molar refractivity (Wildman–Crippen MR) is 60.6 cm³/mol. The van der Waals surface area contributed by atoms with Crippen molar-refractivity contribution in [2.24, 2.45) is 0 Å². The Morgan fingerprint density at radius 1 is 1.22 bits per heavy atom. The van der Waals surface area contributed by atoms with E-state index in [9.17, 15) is 13.2 Å². The third-order valence-electron chi connectivity index (χ3n) is 1.65. The van der Waals surface area contributed by atoms with Crippen LogP contribution in [-0.4, -0.2) is 23.4 Å². The first-order valence-corrected chi connectivity index (χ1v) is 5.22. The van der Waals surface area contributed by atoms with Crippen LogP contribution in [0.3, 0.4) is 0 Å². The minimum absolute atomic E-state index is 0.0576. The molecule has 2 N–H and O–H groups in total. The summed E-state index contributed by atoms with van der Waals surface area (Å²) in [5, 5.41) is 0. The molecule has 102 valence electrons. The maximum absolute atomic E-state index is 12.0. The van der Waals surface area contributed by atoms with E-state index in [0.717, 1.165) is 0 Å². The largest absolute Gasteiger partial charge is 0.470 e. The van der Waals surface area contributed by atoms with E-state index in [1.54, 1.807) is 20.8 Å². The molecule has 1 heterocycles. The Kier molecular flexibility index (Phi) is 3.93. The molecule has 0 spiro atoms. The fourth-order valence-electron chi connectivity index (χ4n) is 1.04. The summed E-state index contributed by atoms with van der Waals surface area (Å²) >= 11 is 0. The highest BCUT2D eigenvalue weighted by atomic mass is 19.4. The van der Waals surface area contributed by atoms with E-state index in [-0.39, 0.29) is 17.4 Å². The van der Waals surface area contributed by atoms with E-state index in [4.69, 9.17) is 10.5 Å². The summed E-state index contributed by atoms with van der Waals surface area (Å²) in [5.41, 5.74) is 5.30. The van der Waals surface area contributed by atoms with E-state index < -0.39 is 18.4 Å². The van der Waals surface area contributed by atoms with Gasteiger partial charge in [0.2, 0.25) is 11.8 Å². The average molecular weight is 264 g/mol. The van der Waals surface area contributed by atoms with Gasteiger partial charge in [0.15, 0.2) is 6.61 Å². The molecule has 0 aliphatic rings. The minimum Gasteiger partial charge on any atom is -0.470 e. The normalized spacial score (nSPS) is 12.3. The molecule has 0 atom stereocenters. The van der Waals surface area contributed by atoms with Gasteiger partial charge in [-0.15, -0.1) is 0 Å². The molecule has 1 rings (SSSR count). The van der Waals surface area contributed by atoms with Crippen molar-refractivity contribution in [3.63, 3.8) is 0 Å². The standard InChI is InChI=1S/C11H15F3N2O2/c1-10(2,3)18-9-7(15)4-5-8(16-9)17-6-11(12,13)14/h4-5H,6,15H2,1-3H3. The minimum atomic E-state index is -4.41. The summed E-state index contributed by atoms with van der Waals surface area (Å²) < 4.78 is 45.9. The lowest BCUT2D eigenvalue weighted by molar-refractivity contribution is -0.154. The van der Waals surface area contributed by atoms with Crippen LogP contribution in [0.15, 0.2) is 12.1 Å². The molecule has 1 aromatic rings. The van der Waals surface area contributed by atoms with Crippen LogP contribution in [0.4, 0.5) is 18.9 Å². The maximum atomic E-state index is 12.0. The van der Waals surface area contributed by atoms with Gasteiger partial charge in [-0.1, -0.05) is 0 Å². The Balaban J connectivity index is 2.81. The van der Waals surface area contributed by atoms with Crippen LogP contribution in [0, 0.1) is 0 Å². The van der Waals surface area contributed by atoms with Crippen LogP contribution in [0.1, 0.15) is 20.8 Å². The number of hydrogen-bond donors (Lipinski definition) is 1. The van der Waals surface area contributed by atoms with Gasteiger partial charge in [0, 0.05) is 6.07 Å². The SMILES string of the molecule is CC(C)(C)Oc1nc(OCC(F)(F)F)ccc1N. The van der Waals surface area contributed by atoms with Crippen LogP contribution in [-0.2, 0) is 0 Å². The van der Waals surface area contributed by atoms with E-state index in [0.29, 0.717) is 0 Å². The molecule has 0 saturated carbocycles. The number of halogens is 3. The van der Waals surface area contributed by atoms with Crippen LogP contribution in [0.5, 0.6) is 11.8 Å². The Labute approximate surface area is 103 Å². The number of pyridine rings is 1. The quantitative estimate of drug-likeness (QED) is 0.912. The van der Waals surface area contributed by atoms with E-state index in [1.165, 1.54) is 12.1 Å². The van der Waals surface area contributed by atoms with Crippen molar-refractivity contribution < 1.29 is 22.6 Å². The molecule has 0 aliphatic heterocycles. The summed E-state index contributed by atoms with van der Waals surface area (Å²) in [6, 6.07) is 2.65. The summed E-state index contributed by atoms with van der Waals surface area (Å²) in [5.74, 6) is -0.122. The maximum Gasteiger partial charge on any atom is 0.422 e. The number of ether oxygens (including phenoxy) is 2. The number of nitrogen functional groups attached to an aromatic ring is 1. The zero-order chi connectivity index (χ0) is 14.0. The van der Waals surface area contributed by atoms with Gasteiger partial charge < -0.3 is 15.2 Å². The summed E-state index contributed by atoms with van der Waals surface area (Å²) in [6.07, 6.45) is -4.41. The third-order valence-corrected chi connectivity index (χ3v) is 1.65. The molecule has 0 unspecified atom stereocenters. The van der Waals surface area contributed by atoms with Crippen molar-refractivity contribution in [2.75, 3.05) is 12.3 Å². The number of anilines is 1. The monoisotopic (exact) mass is 264 g/mol. The van der Waals surface area contributed by atoms with Gasteiger partial charge in [-0.3, -0.25) is 0 Å². The molecule has 0 radical (unpaired) electrons. The van der Waals surface area contributed by atoms with Crippen LogP contribution in [0.25, 0.3) is 0 Å². The molecule has 7 heteroatoms. The predicted octanol–water partition coefficient (Wildman–Crippen LogP) is 2.78. The number of alkyl halides is 3. The third kappa shape index (κ3) is 5.11. The van der Waals surface area contributed by atoms with Crippen LogP contribution >= 0.6 is 0 Å². The van der Waals surface area contributed by atoms with Gasteiger partial charge >= 0.3 is 6.18 Å². The number of nitrogens with two attached hydrogens (primary N) is 1. The molecule has 4 nitrogen and oxygen atoms in total.